The summed E-state index contributed by atoms with van der Waals surface area (Å²) >= 11 is 0. The molecule has 0 bridgehead atoms. The molecule has 0 saturated heterocycles. The average molecular weight is 195 g/mol. The van der Waals surface area contributed by atoms with Crippen LogP contribution < -0.4 is 0 Å². The Kier molecular flexibility index (Phi) is 7.17. The van der Waals surface area contributed by atoms with Crippen LogP contribution in [0.2, 0.25) is 0 Å². The van der Waals surface area contributed by atoms with Crippen molar-refractivity contribution in [2.75, 3.05) is 0 Å². The summed E-state index contributed by atoms with van der Waals surface area (Å²) in [6, 6.07) is 0. The molecule has 0 aromatic carbocycles. The molecule has 14 heavy (non-hydrogen) atoms. The Bertz CT molecular complexity index is 107. The van der Waals surface area contributed by atoms with Gasteiger partial charge in [0.25, 0.3) is 0 Å². The van der Waals surface area contributed by atoms with Gasteiger partial charge in [0, 0.05) is 0 Å². The first kappa shape index (κ1) is 12.1. The molecule has 0 spiro atoms. The van der Waals surface area contributed by atoms with Crippen LogP contribution in [0.1, 0.15) is 84.0 Å². The molecule has 1 rings (SSSR count). The fourth-order valence-corrected chi connectivity index (χ4v) is 2.46. The maximum Gasteiger partial charge on any atom is -0.0241 e. The van der Waals surface area contributed by atoms with Crippen molar-refractivity contribution in [1.29, 1.82) is 0 Å². The minimum absolute atomic E-state index is 1.37. The van der Waals surface area contributed by atoms with Crippen LogP contribution in [-0.2, 0) is 0 Å². The first-order valence-electron chi connectivity index (χ1n) is 6.77. The fourth-order valence-electron chi connectivity index (χ4n) is 2.46. The first-order valence-corrected chi connectivity index (χ1v) is 6.77. The molecule has 1 aliphatic rings. The van der Waals surface area contributed by atoms with Crippen LogP contribution in [0.3, 0.4) is 0 Å². The van der Waals surface area contributed by atoms with Crippen molar-refractivity contribution in [3.8, 4) is 0 Å². The lowest BCUT2D eigenvalue weighted by Crippen LogP contribution is -1.97. The molecule has 0 aromatic heterocycles. The van der Waals surface area contributed by atoms with E-state index in [0.29, 0.717) is 0 Å². The fraction of sp³-hybridized carbons (Fsp3) is 0.929. The van der Waals surface area contributed by atoms with Crippen LogP contribution in [-0.4, -0.2) is 0 Å². The van der Waals surface area contributed by atoms with Crippen LogP contribution in [0.5, 0.6) is 0 Å². The highest BCUT2D eigenvalue weighted by Gasteiger charge is 2.10. The lowest BCUT2D eigenvalue weighted by atomic mass is 9.91. The minimum atomic E-state index is 1.37. The maximum absolute atomic E-state index is 2.30. The third-order valence-corrected chi connectivity index (χ3v) is 3.44. The first-order chi connectivity index (χ1) is 6.93. The van der Waals surface area contributed by atoms with Gasteiger partial charge >= 0.3 is 0 Å². The second-order valence-electron chi connectivity index (χ2n) is 4.83. The molecule has 0 aromatic rings. The van der Waals surface area contributed by atoms with Gasteiger partial charge in [0.15, 0.2) is 0 Å². The maximum atomic E-state index is 2.30. The number of hydrogen-bond acceptors (Lipinski definition) is 0. The van der Waals surface area contributed by atoms with Gasteiger partial charge in [0.1, 0.15) is 0 Å². The van der Waals surface area contributed by atoms with Crippen molar-refractivity contribution in [1.82, 2.24) is 0 Å². The molecule has 83 valence electrons. The Labute approximate surface area is 90.5 Å². The quantitative estimate of drug-likeness (QED) is 0.536. The van der Waals surface area contributed by atoms with Crippen LogP contribution in [0.15, 0.2) is 0 Å². The lowest BCUT2D eigenvalue weighted by Gasteiger charge is -2.14. The molecular weight excluding hydrogens is 168 g/mol. The van der Waals surface area contributed by atoms with E-state index >= 15 is 0 Å². The summed E-state index contributed by atoms with van der Waals surface area (Å²) in [6.07, 6.45) is 17.5. The third kappa shape index (κ3) is 5.67. The van der Waals surface area contributed by atoms with Crippen molar-refractivity contribution < 1.29 is 0 Å². The highest BCUT2D eigenvalue weighted by atomic mass is 14.2. The predicted molar refractivity (Wildman–Crippen MR) is 64.3 cm³/mol. The molecule has 0 amide bonds. The van der Waals surface area contributed by atoms with Gasteiger partial charge in [-0.25, -0.2) is 0 Å². The van der Waals surface area contributed by atoms with E-state index in [9.17, 15) is 0 Å². The number of hydrogen-bond donors (Lipinski definition) is 0. The second kappa shape index (κ2) is 8.32. The molecule has 0 nitrogen and oxygen atoms in total. The van der Waals surface area contributed by atoms with Crippen LogP contribution >= 0.6 is 0 Å². The van der Waals surface area contributed by atoms with E-state index in [4.69, 9.17) is 0 Å². The molecule has 0 unspecified atom stereocenters. The van der Waals surface area contributed by atoms with E-state index in [1.54, 1.807) is 0 Å². The van der Waals surface area contributed by atoms with Gasteiger partial charge in [0.05, 0.1) is 0 Å². The Hall–Kier alpha value is 0. The average Bonchev–Trinajstić information content (AvgIpc) is 2.32. The van der Waals surface area contributed by atoms with Crippen LogP contribution in [0.25, 0.3) is 0 Å². The minimum Gasteiger partial charge on any atom is -0.0654 e. The van der Waals surface area contributed by atoms with Crippen molar-refractivity contribution >= 4 is 0 Å². The van der Waals surface area contributed by atoms with E-state index in [2.05, 4.69) is 6.92 Å². The Morgan fingerprint density at radius 3 is 1.93 bits per heavy atom. The molecule has 0 heteroatoms. The number of unbranched alkanes of at least 4 members (excludes halogenated alkanes) is 2. The monoisotopic (exact) mass is 195 g/mol. The SMILES string of the molecule is CCCCC[C]1CCCCCCCC1. The standard InChI is InChI=1S/C14H27/c1-2-3-8-11-14-12-9-6-4-5-7-10-13-14/h2-13H2,1H3. The van der Waals surface area contributed by atoms with E-state index in [1.807, 2.05) is 5.92 Å². The molecule has 1 aliphatic carbocycles. The normalized spacial score (nSPS) is 21.2. The summed E-state index contributed by atoms with van der Waals surface area (Å²) in [6.45, 7) is 2.30. The molecule has 1 saturated carbocycles. The van der Waals surface area contributed by atoms with Gasteiger partial charge in [-0.05, 0) is 25.2 Å². The summed E-state index contributed by atoms with van der Waals surface area (Å²) < 4.78 is 0. The van der Waals surface area contributed by atoms with Crippen molar-refractivity contribution in [2.24, 2.45) is 0 Å². The molecule has 0 atom stereocenters. The van der Waals surface area contributed by atoms with Crippen LogP contribution in [0.4, 0.5) is 0 Å². The molecule has 1 radical (unpaired) electrons. The summed E-state index contributed by atoms with van der Waals surface area (Å²) in [5.41, 5.74) is 0. The van der Waals surface area contributed by atoms with Gasteiger partial charge in [0.2, 0.25) is 0 Å². The Morgan fingerprint density at radius 1 is 0.786 bits per heavy atom. The van der Waals surface area contributed by atoms with E-state index in [-0.39, 0.29) is 0 Å². The summed E-state index contributed by atoms with van der Waals surface area (Å²) in [5.74, 6) is 1.89. The summed E-state index contributed by atoms with van der Waals surface area (Å²) in [7, 11) is 0. The highest BCUT2D eigenvalue weighted by molar-refractivity contribution is 4.89. The largest absolute Gasteiger partial charge is 0.0654 e. The van der Waals surface area contributed by atoms with Gasteiger partial charge in [-0.3, -0.25) is 0 Å². The van der Waals surface area contributed by atoms with Crippen molar-refractivity contribution in [3.05, 3.63) is 5.92 Å². The van der Waals surface area contributed by atoms with Gasteiger partial charge in [-0.1, -0.05) is 64.7 Å². The lowest BCUT2D eigenvalue weighted by molar-refractivity contribution is 0.570. The number of rotatable bonds is 4. The molecule has 0 aliphatic heterocycles. The summed E-state index contributed by atoms with van der Waals surface area (Å²) in [5, 5.41) is 0. The Morgan fingerprint density at radius 2 is 1.36 bits per heavy atom. The zero-order valence-electron chi connectivity index (χ0n) is 9.99. The molecular formula is C14H27. The van der Waals surface area contributed by atoms with Gasteiger partial charge in [-0.2, -0.15) is 0 Å². The van der Waals surface area contributed by atoms with Crippen molar-refractivity contribution in [3.63, 3.8) is 0 Å². The predicted octanol–water partition coefficient (Wildman–Crippen LogP) is 5.28. The zero-order valence-corrected chi connectivity index (χ0v) is 9.99. The van der Waals surface area contributed by atoms with Crippen LogP contribution in [0, 0.1) is 5.92 Å². The van der Waals surface area contributed by atoms with Crippen molar-refractivity contribution in [2.45, 2.75) is 84.0 Å². The Balaban J connectivity index is 2.12. The van der Waals surface area contributed by atoms with Gasteiger partial charge < -0.3 is 0 Å². The smallest absolute Gasteiger partial charge is 0.0241 e. The summed E-state index contributed by atoms with van der Waals surface area (Å²) in [4.78, 5) is 0. The van der Waals surface area contributed by atoms with E-state index in [1.165, 1.54) is 77.0 Å². The molecule has 0 heterocycles. The second-order valence-corrected chi connectivity index (χ2v) is 4.83. The highest BCUT2D eigenvalue weighted by Crippen LogP contribution is 2.27. The third-order valence-electron chi connectivity index (χ3n) is 3.44. The van der Waals surface area contributed by atoms with E-state index < -0.39 is 0 Å². The zero-order chi connectivity index (χ0) is 10.1. The van der Waals surface area contributed by atoms with Gasteiger partial charge in [-0.15, -0.1) is 0 Å². The van der Waals surface area contributed by atoms with E-state index in [0.717, 1.165) is 0 Å². The topological polar surface area (TPSA) is 0 Å². The molecule has 0 N–H and O–H groups in total. The molecule has 1 fully saturated rings.